The molecule has 0 spiro atoms. The fraction of sp³-hybridized carbons (Fsp3) is 0.545. The molecule has 1 rings (SSSR count). The van der Waals surface area contributed by atoms with E-state index in [2.05, 4.69) is 5.32 Å². The molecule has 96 valence electrons. The molecule has 0 aromatic carbocycles. The van der Waals surface area contributed by atoms with Gasteiger partial charge in [-0.2, -0.15) is 0 Å². The summed E-state index contributed by atoms with van der Waals surface area (Å²) in [6.07, 6.45) is 1.31. The van der Waals surface area contributed by atoms with Gasteiger partial charge in [-0.1, -0.05) is 0 Å². The summed E-state index contributed by atoms with van der Waals surface area (Å²) in [6, 6.07) is 1.63. The Balaban J connectivity index is 2.39. The Morgan fingerprint density at radius 2 is 2.35 bits per heavy atom. The van der Waals surface area contributed by atoms with Crippen molar-refractivity contribution in [2.24, 2.45) is 0 Å². The Kier molecular flexibility index (Phi) is 5.68. The molecular formula is C11H17NO5. The predicted molar refractivity (Wildman–Crippen MR) is 60.0 cm³/mol. The predicted octanol–water partition coefficient (Wildman–Crippen LogP) is 0.729. The minimum atomic E-state index is -1.06. The SMILES string of the molecule is COCC(CNCc1ccoc1C(=O)O)OC. The minimum absolute atomic E-state index is 0.0294. The first kappa shape index (κ1) is 13.7. The lowest BCUT2D eigenvalue weighted by molar-refractivity contribution is 0.0287. The number of hydrogen-bond acceptors (Lipinski definition) is 5. The van der Waals surface area contributed by atoms with Gasteiger partial charge in [-0.15, -0.1) is 0 Å². The summed E-state index contributed by atoms with van der Waals surface area (Å²) in [5.74, 6) is -1.09. The first-order valence-electron chi connectivity index (χ1n) is 5.21. The zero-order valence-corrected chi connectivity index (χ0v) is 9.93. The van der Waals surface area contributed by atoms with Crippen molar-refractivity contribution in [2.45, 2.75) is 12.6 Å². The number of methoxy groups -OCH3 is 2. The molecular weight excluding hydrogens is 226 g/mol. The Bertz CT molecular complexity index is 349. The van der Waals surface area contributed by atoms with Gasteiger partial charge in [0.25, 0.3) is 0 Å². The number of ether oxygens (including phenoxy) is 2. The highest BCUT2D eigenvalue weighted by atomic mass is 16.5. The second-order valence-corrected chi connectivity index (χ2v) is 3.52. The average molecular weight is 243 g/mol. The van der Waals surface area contributed by atoms with Gasteiger partial charge in [-0.3, -0.25) is 0 Å². The molecule has 2 N–H and O–H groups in total. The summed E-state index contributed by atoms with van der Waals surface area (Å²) in [5, 5.41) is 11.9. The number of rotatable bonds is 8. The van der Waals surface area contributed by atoms with Crippen molar-refractivity contribution >= 4 is 5.97 Å². The third kappa shape index (κ3) is 4.18. The summed E-state index contributed by atoms with van der Waals surface area (Å²) in [6.45, 7) is 1.48. The lowest BCUT2D eigenvalue weighted by atomic mass is 10.2. The summed E-state index contributed by atoms with van der Waals surface area (Å²) in [7, 11) is 3.20. The third-order valence-electron chi connectivity index (χ3n) is 2.31. The molecule has 6 heteroatoms. The van der Waals surface area contributed by atoms with Crippen LogP contribution in [0.2, 0.25) is 0 Å². The highest BCUT2D eigenvalue weighted by molar-refractivity contribution is 5.86. The second kappa shape index (κ2) is 7.05. The molecule has 0 saturated heterocycles. The van der Waals surface area contributed by atoms with E-state index in [1.807, 2.05) is 0 Å². The molecule has 1 unspecified atom stereocenters. The lowest BCUT2D eigenvalue weighted by Crippen LogP contribution is -2.31. The van der Waals surface area contributed by atoms with Crippen LogP contribution in [0.5, 0.6) is 0 Å². The van der Waals surface area contributed by atoms with Gasteiger partial charge in [0.1, 0.15) is 0 Å². The van der Waals surface area contributed by atoms with Crippen LogP contribution in [-0.4, -0.2) is 44.6 Å². The molecule has 1 aromatic heterocycles. The Hall–Kier alpha value is -1.37. The molecule has 0 aliphatic heterocycles. The molecule has 1 heterocycles. The Morgan fingerprint density at radius 3 is 2.94 bits per heavy atom. The van der Waals surface area contributed by atoms with Crippen LogP contribution >= 0.6 is 0 Å². The fourth-order valence-corrected chi connectivity index (χ4v) is 1.43. The highest BCUT2D eigenvalue weighted by Gasteiger charge is 2.14. The molecule has 0 bridgehead atoms. The molecule has 0 saturated carbocycles. The smallest absolute Gasteiger partial charge is 0.372 e. The van der Waals surface area contributed by atoms with Crippen molar-refractivity contribution in [1.82, 2.24) is 5.32 Å². The molecule has 0 radical (unpaired) electrons. The molecule has 1 aromatic rings. The molecule has 17 heavy (non-hydrogen) atoms. The van der Waals surface area contributed by atoms with E-state index >= 15 is 0 Å². The van der Waals surface area contributed by atoms with E-state index in [0.717, 1.165) is 0 Å². The number of hydrogen-bond donors (Lipinski definition) is 2. The maximum atomic E-state index is 10.8. The van der Waals surface area contributed by atoms with E-state index in [1.165, 1.54) is 6.26 Å². The molecule has 0 aliphatic carbocycles. The zero-order valence-electron chi connectivity index (χ0n) is 9.93. The molecule has 1 atom stereocenters. The van der Waals surface area contributed by atoms with Crippen molar-refractivity contribution in [3.63, 3.8) is 0 Å². The van der Waals surface area contributed by atoms with Crippen molar-refractivity contribution in [3.8, 4) is 0 Å². The van der Waals surface area contributed by atoms with Crippen LogP contribution < -0.4 is 5.32 Å². The Morgan fingerprint density at radius 1 is 1.59 bits per heavy atom. The maximum absolute atomic E-state index is 10.8. The van der Waals surface area contributed by atoms with Crippen LogP contribution in [-0.2, 0) is 16.0 Å². The molecule has 0 aliphatic rings. The average Bonchev–Trinajstić information content (AvgIpc) is 2.76. The zero-order chi connectivity index (χ0) is 12.7. The van der Waals surface area contributed by atoms with Crippen LogP contribution in [0.1, 0.15) is 16.1 Å². The normalized spacial score (nSPS) is 12.6. The van der Waals surface area contributed by atoms with E-state index < -0.39 is 5.97 Å². The summed E-state index contributed by atoms with van der Waals surface area (Å²) in [4.78, 5) is 10.8. The van der Waals surface area contributed by atoms with Crippen LogP contribution in [0, 0.1) is 0 Å². The lowest BCUT2D eigenvalue weighted by Gasteiger charge is -2.14. The molecule has 6 nitrogen and oxygen atoms in total. The van der Waals surface area contributed by atoms with Crippen LogP contribution in [0.3, 0.4) is 0 Å². The number of nitrogens with one attached hydrogen (secondary N) is 1. The molecule has 0 amide bonds. The van der Waals surface area contributed by atoms with Gasteiger partial charge in [0.15, 0.2) is 0 Å². The van der Waals surface area contributed by atoms with Crippen LogP contribution in [0.25, 0.3) is 0 Å². The van der Waals surface area contributed by atoms with E-state index in [0.29, 0.717) is 25.3 Å². The first-order chi connectivity index (χ1) is 8.19. The minimum Gasteiger partial charge on any atom is -0.475 e. The Labute approximate surface area is 99.5 Å². The standard InChI is InChI=1S/C11H17NO5/c1-15-7-9(16-2)6-12-5-8-3-4-17-10(8)11(13)14/h3-4,9,12H,5-7H2,1-2H3,(H,13,14). The van der Waals surface area contributed by atoms with E-state index in [9.17, 15) is 4.79 Å². The van der Waals surface area contributed by atoms with Gasteiger partial charge in [0.05, 0.1) is 19.0 Å². The molecule has 0 fully saturated rings. The largest absolute Gasteiger partial charge is 0.475 e. The topological polar surface area (TPSA) is 80.9 Å². The first-order valence-corrected chi connectivity index (χ1v) is 5.21. The van der Waals surface area contributed by atoms with Gasteiger partial charge in [-0.05, 0) is 6.07 Å². The monoisotopic (exact) mass is 243 g/mol. The maximum Gasteiger partial charge on any atom is 0.372 e. The third-order valence-corrected chi connectivity index (χ3v) is 2.31. The van der Waals surface area contributed by atoms with Crippen LogP contribution in [0.15, 0.2) is 16.7 Å². The summed E-state index contributed by atoms with van der Waals surface area (Å²) in [5.41, 5.74) is 0.616. The van der Waals surface area contributed by atoms with Gasteiger partial charge in [0, 0.05) is 32.9 Å². The van der Waals surface area contributed by atoms with Crippen molar-refractivity contribution in [3.05, 3.63) is 23.7 Å². The number of carboxylic acid groups (broad SMARTS) is 1. The van der Waals surface area contributed by atoms with Crippen molar-refractivity contribution in [2.75, 3.05) is 27.4 Å². The quantitative estimate of drug-likeness (QED) is 0.700. The van der Waals surface area contributed by atoms with E-state index in [-0.39, 0.29) is 11.9 Å². The van der Waals surface area contributed by atoms with Crippen molar-refractivity contribution < 1.29 is 23.8 Å². The van der Waals surface area contributed by atoms with E-state index in [1.54, 1.807) is 20.3 Å². The summed E-state index contributed by atoms with van der Waals surface area (Å²) < 4.78 is 15.0. The van der Waals surface area contributed by atoms with Gasteiger partial charge in [0.2, 0.25) is 5.76 Å². The number of furan rings is 1. The van der Waals surface area contributed by atoms with E-state index in [4.69, 9.17) is 19.0 Å². The second-order valence-electron chi connectivity index (χ2n) is 3.52. The van der Waals surface area contributed by atoms with Crippen LogP contribution in [0.4, 0.5) is 0 Å². The number of aromatic carboxylic acids is 1. The number of carboxylic acids is 1. The van der Waals surface area contributed by atoms with Gasteiger partial charge < -0.3 is 24.3 Å². The fourth-order valence-electron chi connectivity index (χ4n) is 1.43. The van der Waals surface area contributed by atoms with Crippen molar-refractivity contribution in [1.29, 1.82) is 0 Å². The number of carbonyl (C=O) groups is 1. The van der Waals surface area contributed by atoms with Gasteiger partial charge in [-0.25, -0.2) is 4.79 Å². The summed E-state index contributed by atoms with van der Waals surface area (Å²) >= 11 is 0. The highest BCUT2D eigenvalue weighted by Crippen LogP contribution is 2.09. The van der Waals surface area contributed by atoms with Gasteiger partial charge >= 0.3 is 5.97 Å².